The van der Waals surface area contributed by atoms with E-state index in [1.807, 2.05) is 7.11 Å². The molecule has 1 saturated heterocycles. The van der Waals surface area contributed by atoms with Crippen LogP contribution in [-0.2, 0) is 4.74 Å². The second-order valence-electron chi connectivity index (χ2n) is 6.48. The molecule has 0 spiro atoms. The first-order chi connectivity index (χ1) is 9.22. The summed E-state index contributed by atoms with van der Waals surface area (Å²) in [4.78, 5) is 2.69. The molecule has 2 rings (SSSR count). The number of nitrogens with zero attached hydrogens (tertiary/aromatic N) is 1. The molecule has 1 heterocycles. The number of likely N-dealkylation sites (tertiary alicyclic amines) is 1. The van der Waals surface area contributed by atoms with Gasteiger partial charge < -0.3 is 10.1 Å². The van der Waals surface area contributed by atoms with Crippen LogP contribution < -0.4 is 5.32 Å². The lowest BCUT2D eigenvalue weighted by Gasteiger charge is -2.41. The third-order valence-corrected chi connectivity index (χ3v) is 5.09. The maximum atomic E-state index is 5.55. The van der Waals surface area contributed by atoms with Gasteiger partial charge >= 0.3 is 0 Å². The lowest BCUT2D eigenvalue weighted by molar-refractivity contribution is 0.00581. The number of rotatable bonds is 5. The van der Waals surface area contributed by atoms with Gasteiger partial charge in [0, 0.05) is 31.8 Å². The van der Waals surface area contributed by atoms with Gasteiger partial charge in [-0.05, 0) is 58.4 Å². The molecule has 2 atom stereocenters. The van der Waals surface area contributed by atoms with E-state index in [2.05, 4.69) is 24.1 Å². The van der Waals surface area contributed by atoms with E-state index in [0.29, 0.717) is 12.1 Å². The van der Waals surface area contributed by atoms with E-state index in [1.165, 1.54) is 51.5 Å². The highest BCUT2D eigenvalue weighted by Crippen LogP contribution is 2.26. The molecule has 0 amide bonds. The Morgan fingerprint density at radius 2 is 1.95 bits per heavy atom. The summed E-state index contributed by atoms with van der Waals surface area (Å²) in [6.45, 7) is 7.01. The van der Waals surface area contributed by atoms with Crippen LogP contribution in [0.4, 0.5) is 0 Å². The van der Waals surface area contributed by atoms with Crippen molar-refractivity contribution < 1.29 is 4.74 Å². The van der Waals surface area contributed by atoms with Gasteiger partial charge in [-0.2, -0.15) is 0 Å². The molecule has 3 nitrogen and oxygen atoms in total. The van der Waals surface area contributed by atoms with Crippen LogP contribution in [0.2, 0.25) is 0 Å². The molecular formula is C16H32N2O. The van der Waals surface area contributed by atoms with Crippen LogP contribution in [0.25, 0.3) is 0 Å². The Morgan fingerprint density at radius 3 is 2.58 bits per heavy atom. The summed E-state index contributed by atoms with van der Waals surface area (Å²) in [5, 5.41) is 3.77. The number of ether oxygens (including phenoxy) is 1. The van der Waals surface area contributed by atoms with Crippen LogP contribution in [-0.4, -0.2) is 49.3 Å². The Balaban J connectivity index is 1.73. The van der Waals surface area contributed by atoms with Crippen LogP contribution >= 0.6 is 0 Å². The minimum absolute atomic E-state index is 0.477. The first-order valence-electron chi connectivity index (χ1n) is 8.25. The summed E-state index contributed by atoms with van der Waals surface area (Å²) < 4.78 is 5.55. The van der Waals surface area contributed by atoms with Crippen LogP contribution in [0.1, 0.15) is 58.8 Å². The van der Waals surface area contributed by atoms with Gasteiger partial charge in [-0.15, -0.1) is 0 Å². The Kier molecular flexibility index (Phi) is 6.11. The van der Waals surface area contributed by atoms with Crippen LogP contribution in [0, 0.1) is 0 Å². The molecule has 3 heteroatoms. The highest BCUT2D eigenvalue weighted by molar-refractivity contribution is 4.86. The molecule has 1 N–H and O–H groups in total. The number of hydrogen-bond donors (Lipinski definition) is 1. The molecule has 1 aliphatic heterocycles. The summed E-state index contributed by atoms with van der Waals surface area (Å²) in [6.07, 6.45) is 9.70. The summed E-state index contributed by atoms with van der Waals surface area (Å²) in [5.74, 6) is 0. The van der Waals surface area contributed by atoms with Crippen LogP contribution in [0.5, 0.6) is 0 Å². The van der Waals surface area contributed by atoms with Gasteiger partial charge in [0.1, 0.15) is 0 Å². The first kappa shape index (κ1) is 15.3. The summed E-state index contributed by atoms with van der Waals surface area (Å²) in [5.41, 5.74) is 0. The fourth-order valence-corrected chi connectivity index (χ4v) is 3.62. The topological polar surface area (TPSA) is 24.5 Å². The Bertz CT molecular complexity index is 251. The zero-order valence-electron chi connectivity index (χ0n) is 13.0. The molecule has 0 radical (unpaired) electrons. The molecule has 0 aromatic rings. The summed E-state index contributed by atoms with van der Waals surface area (Å²) in [7, 11) is 1.86. The predicted molar refractivity (Wildman–Crippen MR) is 80.5 cm³/mol. The summed E-state index contributed by atoms with van der Waals surface area (Å²) in [6, 6.07) is 2.25. The van der Waals surface area contributed by atoms with E-state index in [0.717, 1.165) is 18.6 Å². The second kappa shape index (κ2) is 7.61. The Morgan fingerprint density at radius 1 is 1.21 bits per heavy atom. The summed E-state index contributed by atoms with van der Waals surface area (Å²) >= 11 is 0. The van der Waals surface area contributed by atoms with E-state index in [-0.39, 0.29) is 0 Å². The van der Waals surface area contributed by atoms with Gasteiger partial charge in [0.25, 0.3) is 0 Å². The van der Waals surface area contributed by atoms with E-state index >= 15 is 0 Å². The van der Waals surface area contributed by atoms with Crippen molar-refractivity contribution in [2.24, 2.45) is 0 Å². The zero-order valence-corrected chi connectivity index (χ0v) is 13.0. The van der Waals surface area contributed by atoms with Crippen molar-refractivity contribution in [1.82, 2.24) is 10.2 Å². The molecule has 2 unspecified atom stereocenters. The zero-order chi connectivity index (χ0) is 13.7. The van der Waals surface area contributed by atoms with Gasteiger partial charge in [-0.1, -0.05) is 6.92 Å². The molecule has 112 valence electrons. The van der Waals surface area contributed by atoms with Gasteiger partial charge in [-0.3, -0.25) is 4.90 Å². The SMILES string of the molecule is CCC(C)NC1CCC(N2CCCC(OC)C2)CC1. The number of nitrogens with one attached hydrogen (secondary N) is 1. The second-order valence-corrected chi connectivity index (χ2v) is 6.48. The molecule has 1 aliphatic carbocycles. The standard InChI is InChI=1S/C16H32N2O/c1-4-13(2)17-14-7-9-15(10-8-14)18-11-5-6-16(12-18)19-3/h13-17H,4-12H2,1-3H3. The highest BCUT2D eigenvalue weighted by atomic mass is 16.5. The maximum absolute atomic E-state index is 5.55. The fourth-order valence-electron chi connectivity index (χ4n) is 3.62. The molecule has 0 bridgehead atoms. The van der Waals surface area contributed by atoms with Gasteiger partial charge in [0.2, 0.25) is 0 Å². The van der Waals surface area contributed by atoms with Gasteiger partial charge in [-0.25, -0.2) is 0 Å². The molecule has 1 saturated carbocycles. The van der Waals surface area contributed by atoms with Crippen molar-refractivity contribution in [2.75, 3.05) is 20.2 Å². The van der Waals surface area contributed by atoms with Crippen molar-refractivity contribution in [3.8, 4) is 0 Å². The number of methoxy groups -OCH3 is 1. The first-order valence-corrected chi connectivity index (χ1v) is 8.25. The average Bonchev–Trinajstić information content (AvgIpc) is 2.48. The molecular weight excluding hydrogens is 236 g/mol. The smallest absolute Gasteiger partial charge is 0.0698 e. The number of hydrogen-bond acceptors (Lipinski definition) is 3. The van der Waals surface area contributed by atoms with Crippen molar-refractivity contribution in [3.63, 3.8) is 0 Å². The third kappa shape index (κ3) is 4.44. The van der Waals surface area contributed by atoms with Crippen molar-refractivity contribution >= 4 is 0 Å². The minimum Gasteiger partial charge on any atom is -0.380 e. The van der Waals surface area contributed by atoms with E-state index < -0.39 is 0 Å². The monoisotopic (exact) mass is 268 g/mol. The maximum Gasteiger partial charge on any atom is 0.0698 e. The van der Waals surface area contributed by atoms with Crippen LogP contribution in [0.15, 0.2) is 0 Å². The lowest BCUT2D eigenvalue weighted by atomic mass is 9.88. The van der Waals surface area contributed by atoms with Crippen molar-refractivity contribution in [1.29, 1.82) is 0 Å². The van der Waals surface area contributed by atoms with Gasteiger partial charge in [0.05, 0.1) is 6.10 Å². The Hall–Kier alpha value is -0.120. The molecule has 0 aromatic carbocycles. The molecule has 2 aliphatic rings. The Labute approximate surface area is 119 Å². The molecule has 0 aromatic heterocycles. The van der Waals surface area contributed by atoms with E-state index in [1.54, 1.807) is 0 Å². The fraction of sp³-hybridized carbons (Fsp3) is 1.00. The van der Waals surface area contributed by atoms with Crippen molar-refractivity contribution in [3.05, 3.63) is 0 Å². The largest absolute Gasteiger partial charge is 0.380 e. The molecule has 2 fully saturated rings. The lowest BCUT2D eigenvalue weighted by Crippen LogP contribution is -2.49. The van der Waals surface area contributed by atoms with E-state index in [9.17, 15) is 0 Å². The molecule has 19 heavy (non-hydrogen) atoms. The van der Waals surface area contributed by atoms with Gasteiger partial charge in [0.15, 0.2) is 0 Å². The minimum atomic E-state index is 0.477. The quantitative estimate of drug-likeness (QED) is 0.830. The van der Waals surface area contributed by atoms with E-state index in [4.69, 9.17) is 4.74 Å². The number of piperidine rings is 1. The third-order valence-electron chi connectivity index (χ3n) is 5.09. The van der Waals surface area contributed by atoms with Crippen LogP contribution in [0.3, 0.4) is 0 Å². The average molecular weight is 268 g/mol. The highest BCUT2D eigenvalue weighted by Gasteiger charge is 2.29. The normalized spacial score (nSPS) is 35.2. The predicted octanol–water partition coefficient (Wildman–Crippen LogP) is 2.80. The van der Waals surface area contributed by atoms with Crippen molar-refractivity contribution in [2.45, 2.75) is 83.0 Å².